The first-order valence-electron chi connectivity index (χ1n) is 16.4. The number of fused-ring (bicyclic) bond motifs is 3. The van der Waals surface area contributed by atoms with Gasteiger partial charge in [-0.15, -0.1) is 0 Å². The van der Waals surface area contributed by atoms with Crippen LogP contribution in [0.3, 0.4) is 0 Å². The van der Waals surface area contributed by atoms with Crippen molar-refractivity contribution < 1.29 is 14.3 Å². The molecule has 0 fully saturated rings. The maximum Gasteiger partial charge on any atom is 0.346 e. The SMILES string of the molecule is CC(C)N(C)c1nc2cc(C(=O)OC(=O)c3ccc4nc(-c5ccc6[nH]ncc6c5)c(N(C)C(C)C)nc4c3)ccc2nc1-c1cncc(Br)c1. The highest BCUT2D eigenvalue weighted by Crippen LogP contribution is 2.33. The molecule has 0 spiro atoms. The highest BCUT2D eigenvalue weighted by Gasteiger charge is 2.22. The Bertz CT molecular complexity index is 2480. The molecule has 0 aliphatic heterocycles. The first-order chi connectivity index (χ1) is 24.5. The number of carbonyl (C=O) groups excluding carboxylic acids is 2. The summed E-state index contributed by atoms with van der Waals surface area (Å²) in [5, 5.41) is 8.07. The van der Waals surface area contributed by atoms with Crippen molar-refractivity contribution in [2.24, 2.45) is 0 Å². The van der Waals surface area contributed by atoms with Crippen LogP contribution in [0, 0.1) is 0 Å². The Morgan fingerprint density at radius 2 is 1.24 bits per heavy atom. The van der Waals surface area contributed by atoms with Gasteiger partial charge in [0.05, 0.1) is 44.9 Å². The molecule has 0 saturated heterocycles. The predicted molar refractivity (Wildman–Crippen MR) is 202 cm³/mol. The number of anilines is 2. The maximum absolute atomic E-state index is 13.3. The van der Waals surface area contributed by atoms with Crippen LogP contribution in [-0.2, 0) is 4.74 Å². The number of benzene rings is 3. The fraction of sp³-hybridized carbons (Fsp3) is 0.211. The smallest absolute Gasteiger partial charge is 0.346 e. The third-order valence-corrected chi connectivity index (χ3v) is 9.29. The number of nitrogens with one attached hydrogen (secondary N) is 1. The molecule has 13 heteroatoms. The van der Waals surface area contributed by atoms with E-state index in [2.05, 4.69) is 58.8 Å². The summed E-state index contributed by atoms with van der Waals surface area (Å²) in [6, 6.07) is 17.9. The largest absolute Gasteiger partial charge is 0.386 e. The van der Waals surface area contributed by atoms with Gasteiger partial charge in [-0.05, 0) is 98.2 Å². The molecular formula is C38H34BrN9O3. The van der Waals surface area contributed by atoms with Gasteiger partial charge >= 0.3 is 11.9 Å². The predicted octanol–water partition coefficient (Wildman–Crippen LogP) is 7.63. The first kappa shape index (κ1) is 33.7. The molecule has 0 amide bonds. The van der Waals surface area contributed by atoms with Gasteiger partial charge in [0.2, 0.25) is 0 Å². The Balaban J connectivity index is 1.19. The average molecular weight is 745 g/mol. The molecule has 1 N–H and O–H groups in total. The molecule has 0 atom stereocenters. The first-order valence-corrected chi connectivity index (χ1v) is 17.2. The molecule has 3 aromatic carbocycles. The molecule has 0 aliphatic rings. The summed E-state index contributed by atoms with van der Waals surface area (Å²) in [7, 11) is 3.89. The molecule has 4 heterocycles. The summed E-state index contributed by atoms with van der Waals surface area (Å²) in [5.41, 5.74) is 6.45. The van der Waals surface area contributed by atoms with Crippen molar-refractivity contribution in [1.82, 2.24) is 35.1 Å². The Labute approximate surface area is 302 Å². The summed E-state index contributed by atoms with van der Waals surface area (Å²) < 4.78 is 6.18. The third-order valence-electron chi connectivity index (χ3n) is 8.86. The molecule has 0 unspecified atom stereocenters. The van der Waals surface area contributed by atoms with Crippen molar-refractivity contribution in [2.45, 2.75) is 39.8 Å². The zero-order chi connectivity index (χ0) is 36.0. The number of pyridine rings is 1. The van der Waals surface area contributed by atoms with E-state index in [1.807, 2.05) is 48.2 Å². The van der Waals surface area contributed by atoms with Crippen LogP contribution in [-0.4, -0.2) is 73.2 Å². The van der Waals surface area contributed by atoms with Gasteiger partial charge < -0.3 is 14.5 Å². The van der Waals surface area contributed by atoms with Crippen molar-refractivity contribution in [1.29, 1.82) is 0 Å². The van der Waals surface area contributed by atoms with Crippen LogP contribution in [0.25, 0.3) is 55.5 Å². The summed E-state index contributed by atoms with van der Waals surface area (Å²) in [6.07, 6.45) is 5.21. The molecule has 51 heavy (non-hydrogen) atoms. The number of esters is 2. The third kappa shape index (κ3) is 6.59. The lowest BCUT2D eigenvalue weighted by atomic mass is 10.1. The van der Waals surface area contributed by atoms with E-state index < -0.39 is 11.9 Å². The average Bonchev–Trinajstić information content (AvgIpc) is 3.60. The number of nitrogens with zero attached hydrogens (tertiary/aromatic N) is 8. The van der Waals surface area contributed by atoms with E-state index in [0.29, 0.717) is 45.1 Å². The Hall–Kier alpha value is -5.82. The van der Waals surface area contributed by atoms with Crippen molar-refractivity contribution in [3.63, 3.8) is 0 Å². The van der Waals surface area contributed by atoms with Crippen molar-refractivity contribution in [3.8, 4) is 22.5 Å². The lowest BCUT2D eigenvalue weighted by Crippen LogP contribution is -2.27. The normalized spacial score (nSPS) is 11.5. The second kappa shape index (κ2) is 13.5. The molecule has 256 valence electrons. The molecule has 4 aromatic heterocycles. The van der Waals surface area contributed by atoms with Crippen LogP contribution in [0.4, 0.5) is 11.6 Å². The van der Waals surface area contributed by atoms with Crippen molar-refractivity contribution >= 4 is 72.5 Å². The lowest BCUT2D eigenvalue weighted by molar-refractivity contribution is 0.0398. The molecule has 12 nitrogen and oxygen atoms in total. The molecule has 0 aliphatic carbocycles. The second-order valence-electron chi connectivity index (χ2n) is 12.8. The Kier molecular flexibility index (Phi) is 8.90. The molecule has 0 saturated carbocycles. The fourth-order valence-electron chi connectivity index (χ4n) is 5.55. The highest BCUT2D eigenvalue weighted by atomic mass is 79.9. The molecule has 0 radical (unpaired) electrons. The van der Waals surface area contributed by atoms with Crippen molar-refractivity contribution in [3.05, 3.63) is 94.9 Å². The van der Waals surface area contributed by atoms with Crippen LogP contribution in [0.5, 0.6) is 0 Å². The van der Waals surface area contributed by atoms with Crippen LogP contribution in [0.1, 0.15) is 48.4 Å². The zero-order valence-corrected chi connectivity index (χ0v) is 30.4. The van der Waals surface area contributed by atoms with Crippen molar-refractivity contribution in [2.75, 3.05) is 23.9 Å². The van der Waals surface area contributed by atoms with E-state index in [1.165, 1.54) is 0 Å². The highest BCUT2D eigenvalue weighted by molar-refractivity contribution is 9.10. The zero-order valence-electron chi connectivity index (χ0n) is 28.8. The quantitative estimate of drug-likeness (QED) is 0.121. The van der Waals surface area contributed by atoms with E-state index >= 15 is 0 Å². The Morgan fingerprint density at radius 1 is 0.667 bits per heavy atom. The monoisotopic (exact) mass is 743 g/mol. The number of H-pyrrole nitrogens is 1. The van der Waals surface area contributed by atoms with E-state index in [1.54, 1.807) is 55.0 Å². The van der Waals surface area contributed by atoms with Crippen LogP contribution < -0.4 is 9.80 Å². The molecular weight excluding hydrogens is 710 g/mol. The van der Waals surface area contributed by atoms with Gasteiger partial charge in [-0.1, -0.05) is 6.07 Å². The lowest BCUT2D eigenvalue weighted by Gasteiger charge is -2.25. The standard InChI is InChI=1S/C38H34BrN9O3/c1-20(2)47(5)35-33(22-7-10-28-25(13-22)18-41-46-28)42-29-11-8-23(15-31(29)44-35)37(49)51-38(50)24-9-12-30-32(16-24)45-36(48(6)21(3)4)34(43-30)26-14-27(39)19-40-17-26/h7-21H,1-6H3,(H,41,46). The number of rotatable bonds is 8. The van der Waals surface area contributed by atoms with E-state index in [9.17, 15) is 9.59 Å². The summed E-state index contributed by atoms with van der Waals surface area (Å²) in [4.78, 5) is 54.7. The maximum atomic E-state index is 13.3. The number of hydrogen-bond donors (Lipinski definition) is 1. The number of ether oxygens (including phenoxy) is 1. The second-order valence-corrected chi connectivity index (χ2v) is 13.8. The number of aromatic nitrogens is 7. The molecule has 0 bridgehead atoms. The minimum atomic E-state index is -0.806. The molecule has 7 aromatic rings. The van der Waals surface area contributed by atoms with Crippen LogP contribution in [0.15, 0.2) is 83.7 Å². The van der Waals surface area contributed by atoms with Gasteiger partial charge in [-0.2, -0.15) is 5.10 Å². The minimum Gasteiger partial charge on any atom is -0.386 e. The number of halogens is 1. The van der Waals surface area contributed by atoms with E-state index in [-0.39, 0.29) is 23.2 Å². The summed E-state index contributed by atoms with van der Waals surface area (Å²) in [6.45, 7) is 8.23. The van der Waals surface area contributed by atoms with Gasteiger partial charge in [0.15, 0.2) is 11.6 Å². The number of aromatic amines is 1. The Morgan fingerprint density at radius 3 is 1.78 bits per heavy atom. The number of hydrogen-bond acceptors (Lipinski definition) is 11. The summed E-state index contributed by atoms with van der Waals surface area (Å²) in [5.74, 6) is -0.329. The van der Waals surface area contributed by atoms with Gasteiger partial charge in [0.25, 0.3) is 0 Å². The fourth-order valence-corrected chi connectivity index (χ4v) is 5.91. The van der Waals surface area contributed by atoms with Crippen LogP contribution >= 0.6 is 15.9 Å². The van der Waals surface area contributed by atoms with E-state index in [4.69, 9.17) is 24.7 Å². The van der Waals surface area contributed by atoms with Crippen LogP contribution in [0.2, 0.25) is 0 Å². The topological polar surface area (TPSA) is 143 Å². The van der Waals surface area contributed by atoms with Gasteiger partial charge in [-0.25, -0.2) is 29.5 Å². The van der Waals surface area contributed by atoms with Gasteiger partial charge in [0.1, 0.15) is 11.4 Å². The molecule has 7 rings (SSSR count). The van der Waals surface area contributed by atoms with Gasteiger partial charge in [0, 0.05) is 59.6 Å². The van der Waals surface area contributed by atoms with E-state index in [0.717, 1.165) is 26.5 Å². The van der Waals surface area contributed by atoms with Gasteiger partial charge in [-0.3, -0.25) is 10.1 Å². The summed E-state index contributed by atoms with van der Waals surface area (Å²) >= 11 is 3.49. The number of carbonyl (C=O) groups is 2. The minimum absolute atomic E-state index is 0.118.